The van der Waals surface area contributed by atoms with Crippen LogP contribution in [0.25, 0.3) is 10.9 Å². The maximum absolute atomic E-state index is 11.7. The number of hydrogen-bond acceptors (Lipinski definition) is 3. The van der Waals surface area contributed by atoms with Gasteiger partial charge in [-0.25, -0.2) is 9.78 Å². The summed E-state index contributed by atoms with van der Waals surface area (Å²) in [6, 6.07) is 9.31. The Morgan fingerprint density at radius 3 is 2.71 bits per heavy atom. The van der Waals surface area contributed by atoms with Crippen molar-refractivity contribution in [3.63, 3.8) is 0 Å². The largest absolute Gasteiger partial charge is 0.458 e. The molecule has 0 aliphatic carbocycles. The Bertz CT molecular complexity index is 566. The molecule has 0 aliphatic rings. The van der Waals surface area contributed by atoms with Gasteiger partial charge in [0.1, 0.15) is 5.69 Å². The topological polar surface area (TPSA) is 39.2 Å². The summed E-state index contributed by atoms with van der Waals surface area (Å²) in [5, 5.41) is 0.995. The maximum atomic E-state index is 11.7. The average molecular weight is 294 g/mol. The number of carbonyl (C=O) groups excluding carboxylic acids is 1. The fourth-order valence-electron chi connectivity index (χ4n) is 1.48. The number of aromatic nitrogens is 1. The van der Waals surface area contributed by atoms with Crippen LogP contribution >= 0.6 is 15.9 Å². The highest BCUT2D eigenvalue weighted by molar-refractivity contribution is 9.10. The zero-order chi connectivity index (χ0) is 12.4. The first-order valence-corrected chi connectivity index (χ1v) is 6.13. The number of fused-ring (bicyclic) bond motifs is 1. The quantitative estimate of drug-likeness (QED) is 0.795. The lowest BCUT2D eigenvalue weighted by Gasteiger charge is -2.07. The lowest BCUT2D eigenvalue weighted by atomic mass is 10.2. The summed E-state index contributed by atoms with van der Waals surface area (Å²) in [5.74, 6) is -0.387. The van der Waals surface area contributed by atoms with Crippen molar-refractivity contribution in [3.05, 3.63) is 40.5 Å². The van der Waals surface area contributed by atoms with Gasteiger partial charge in [0.15, 0.2) is 0 Å². The molecule has 4 heteroatoms. The van der Waals surface area contributed by atoms with E-state index in [-0.39, 0.29) is 12.1 Å². The van der Waals surface area contributed by atoms with Gasteiger partial charge in [-0.15, -0.1) is 0 Å². The summed E-state index contributed by atoms with van der Waals surface area (Å²) in [6.07, 6.45) is -0.137. The van der Waals surface area contributed by atoms with E-state index in [0.29, 0.717) is 5.69 Å². The van der Waals surface area contributed by atoms with Crippen molar-refractivity contribution in [2.75, 3.05) is 0 Å². The molecule has 0 N–H and O–H groups in total. The third kappa shape index (κ3) is 2.82. The fourth-order valence-corrected chi connectivity index (χ4v) is 1.83. The first-order valence-electron chi connectivity index (χ1n) is 5.33. The van der Waals surface area contributed by atoms with Gasteiger partial charge in [0.05, 0.1) is 11.6 Å². The first-order chi connectivity index (χ1) is 8.06. The number of nitrogens with zero attached hydrogens (tertiary/aromatic N) is 1. The molecule has 0 unspecified atom stereocenters. The number of halogens is 1. The number of pyridine rings is 1. The molecule has 17 heavy (non-hydrogen) atoms. The van der Waals surface area contributed by atoms with E-state index in [2.05, 4.69) is 20.9 Å². The summed E-state index contributed by atoms with van der Waals surface area (Å²) in [7, 11) is 0. The third-order valence-electron chi connectivity index (χ3n) is 2.21. The molecule has 0 bridgehead atoms. The Kier molecular flexibility index (Phi) is 3.43. The number of rotatable bonds is 2. The summed E-state index contributed by atoms with van der Waals surface area (Å²) in [6.45, 7) is 3.63. The highest BCUT2D eigenvalue weighted by Crippen LogP contribution is 2.18. The molecular weight excluding hydrogens is 282 g/mol. The van der Waals surface area contributed by atoms with Crippen LogP contribution in [0.15, 0.2) is 34.8 Å². The van der Waals surface area contributed by atoms with Gasteiger partial charge in [0.25, 0.3) is 0 Å². The van der Waals surface area contributed by atoms with Crippen molar-refractivity contribution < 1.29 is 9.53 Å². The monoisotopic (exact) mass is 293 g/mol. The zero-order valence-electron chi connectivity index (χ0n) is 9.61. The van der Waals surface area contributed by atoms with Crippen LogP contribution in [-0.2, 0) is 4.74 Å². The average Bonchev–Trinajstić information content (AvgIpc) is 2.27. The summed E-state index contributed by atoms with van der Waals surface area (Å²) in [5.41, 5.74) is 1.11. The van der Waals surface area contributed by atoms with Gasteiger partial charge >= 0.3 is 5.97 Å². The van der Waals surface area contributed by atoms with E-state index in [1.807, 2.05) is 38.1 Å². The molecule has 0 saturated carbocycles. The molecule has 1 aromatic carbocycles. The van der Waals surface area contributed by atoms with E-state index in [0.717, 1.165) is 15.4 Å². The predicted octanol–water partition coefficient (Wildman–Crippen LogP) is 3.56. The fraction of sp³-hybridized carbons (Fsp3) is 0.231. The lowest BCUT2D eigenvalue weighted by molar-refractivity contribution is 0.0371. The SMILES string of the molecule is CC(C)OC(=O)c1ccc2ccc(Br)cc2n1. The predicted molar refractivity (Wildman–Crippen MR) is 70.0 cm³/mol. The normalized spacial score (nSPS) is 10.8. The van der Waals surface area contributed by atoms with Crippen molar-refractivity contribution in [3.8, 4) is 0 Å². The summed E-state index contributed by atoms with van der Waals surface area (Å²) in [4.78, 5) is 16.0. The summed E-state index contributed by atoms with van der Waals surface area (Å²) >= 11 is 3.38. The van der Waals surface area contributed by atoms with Gasteiger partial charge < -0.3 is 4.74 Å². The van der Waals surface area contributed by atoms with Gasteiger partial charge in [-0.3, -0.25) is 0 Å². The molecule has 1 aromatic heterocycles. The van der Waals surface area contributed by atoms with E-state index in [1.165, 1.54) is 0 Å². The number of benzene rings is 1. The molecule has 0 aliphatic heterocycles. The first kappa shape index (κ1) is 12.0. The highest BCUT2D eigenvalue weighted by Gasteiger charge is 2.11. The second-order valence-electron chi connectivity index (χ2n) is 3.99. The zero-order valence-corrected chi connectivity index (χ0v) is 11.2. The lowest BCUT2D eigenvalue weighted by Crippen LogP contribution is -2.12. The maximum Gasteiger partial charge on any atom is 0.357 e. The Morgan fingerprint density at radius 1 is 1.29 bits per heavy atom. The van der Waals surface area contributed by atoms with Crippen LogP contribution in [0.2, 0.25) is 0 Å². The van der Waals surface area contributed by atoms with Crippen molar-refractivity contribution in [1.29, 1.82) is 0 Å². The smallest absolute Gasteiger partial charge is 0.357 e. The third-order valence-corrected chi connectivity index (χ3v) is 2.70. The molecule has 0 radical (unpaired) electrons. The second-order valence-corrected chi connectivity index (χ2v) is 4.90. The number of ether oxygens (including phenoxy) is 1. The van der Waals surface area contributed by atoms with Crippen molar-refractivity contribution in [1.82, 2.24) is 4.98 Å². The Hall–Kier alpha value is -1.42. The molecule has 0 fully saturated rings. The molecule has 0 atom stereocenters. The van der Waals surface area contributed by atoms with E-state index in [1.54, 1.807) is 6.07 Å². The number of esters is 1. The standard InChI is InChI=1S/C13H12BrNO2/c1-8(2)17-13(16)11-6-4-9-3-5-10(14)7-12(9)15-11/h3-8H,1-2H3. The highest BCUT2D eigenvalue weighted by atomic mass is 79.9. The number of carbonyl (C=O) groups is 1. The second kappa shape index (κ2) is 4.84. The van der Waals surface area contributed by atoms with Gasteiger partial charge in [0, 0.05) is 9.86 Å². The van der Waals surface area contributed by atoms with Gasteiger partial charge in [0.2, 0.25) is 0 Å². The van der Waals surface area contributed by atoms with E-state index in [9.17, 15) is 4.79 Å². The van der Waals surface area contributed by atoms with Gasteiger partial charge in [-0.1, -0.05) is 28.1 Å². The van der Waals surface area contributed by atoms with E-state index in [4.69, 9.17) is 4.74 Å². The van der Waals surface area contributed by atoms with E-state index < -0.39 is 0 Å². The molecule has 0 saturated heterocycles. The molecule has 0 amide bonds. The summed E-state index contributed by atoms with van der Waals surface area (Å²) < 4.78 is 6.04. The molecule has 3 nitrogen and oxygen atoms in total. The van der Waals surface area contributed by atoms with Crippen LogP contribution in [-0.4, -0.2) is 17.1 Å². The molecule has 1 heterocycles. The van der Waals surface area contributed by atoms with Crippen molar-refractivity contribution in [2.45, 2.75) is 20.0 Å². The Morgan fingerprint density at radius 2 is 2.00 bits per heavy atom. The Balaban J connectivity index is 2.40. The molecule has 0 spiro atoms. The van der Waals surface area contributed by atoms with Crippen LogP contribution in [0.4, 0.5) is 0 Å². The minimum Gasteiger partial charge on any atom is -0.458 e. The van der Waals surface area contributed by atoms with Gasteiger partial charge in [-0.05, 0) is 32.0 Å². The minimum atomic E-state index is -0.387. The van der Waals surface area contributed by atoms with Crippen molar-refractivity contribution >= 4 is 32.8 Å². The molecule has 88 valence electrons. The van der Waals surface area contributed by atoms with Crippen LogP contribution in [0.5, 0.6) is 0 Å². The van der Waals surface area contributed by atoms with Crippen LogP contribution < -0.4 is 0 Å². The van der Waals surface area contributed by atoms with E-state index >= 15 is 0 Å². The number of hydrogen-bond donors (Lipinski definition) is 0. The minimum absolute atomic E-state index is 0.137. The van der Waals surface area contributed by atoms with Gasteiger partial charge in [-0.2, -0.15) is 0 Å². The van der Waals surface area contributed by atoms with Crippen LogP contribution in [0.3, 0.4) is 0 Å². The van der Waals surface area contributed by atoms with Crippen LogP contribution in [0, 0.1) is 0 Å². The Labute approximate surface area is 108 Å². The van der Waals surface area contributed by atoms with Crippen molar-refractivity contribution in [2.24, 2.45) is 0 Å². The molecule has 2 rings (SSSR count). The molecular formula is C13H12BrNO2. The van der Waals surface area contributed by atoms with Crippen LogP contribution in [0.1, 0.15) is 24.3 Å². The molecule has 2 aromatic rings.